The van der Waals surface area contributed by atoms with Crippen LogP contribution in [0.1, 0.15) is 26.5 Å². The van der Waals surface area contributed by atoms with E-state index < -0.39 is 11.9 Å². The number of rotatable bonds is 4. The van der Waals surface area contributed by atoms with Crippen LogP contribution in [0.15, 0.2) is 41.9 Å². The van der Waals surface area contributed by atoms with Crippen molar-refractivity contribution in [1.29, 1.82) is 0 Å². The van der Waals surface area contributed by atoms with Crippen molar-refractivity contribution < 1.29 is 14.7 Å². The number of aromatic amines is 1. The van der Waals surface area contributed by atoms with E-state index in [0.29, 0.717) is 33.0 Å². The highest BCUT2D eigenvalue weighted by Gasteiger charge is 2.20. The number of hydrogen-bond donors (Lipinski definition) is 3. The quantitative estimate of drug-likeness (QED) is 0.366. The summed E-state index contributed by atoms with van der Waals surface area (Å²) in [6.07, 6.45) is 0. The standard InChI is InChI=1S/C20H13Cl2N3O3S/c1-9-15(21)16(22)18(24-9)19(26)25-13-5-3-2-4-11(13)12-6-10(20(27)28)7-14-17(12)23-8-29-14/h2-8,24H,1H3,(H,25,26)(H,27,28). The summed E-state index contributed by atoms with van der Waals surface area (Å²) in [5.41, 5.74) is 4.97. The fourth-order valence-electron chi connectivity index (χ4n) is 3.04. The van der Waals surface area contributed by atoms with E-state index in [1.165, 1.54) is 11.3 Å². The van der Waals surface area contributed by atoms with Crippen molar-refractivity contribution in [3.8, 4) is 11.1 Å². The van der Waals surface area contributed by atoms with E-state index in [4.69, 9.17) is 23.2 Å². The molecule has 0 spiro atoms. The summed E-state index contributed by atoms with van der Waals surface area (Å²) in [7, 11) is 0. The van der Waals surface area contributed by atoms with Gasteiger partial charge in [0.05, 0.1) is 31.3 Å². The first kappa shape index (κ1) is 19.4. The molecule has 29 heavy (non-hydrogen) atoms. The molecule has 1 amide bonds. The van der Waals surface area contributed by atoms with Crippen LogP contribution in [0.2, 0.25) is 10.0 Å². The molecule has 2 aromatic heterocycles. The van der Waals surface area contributed by atoms with Crippen LogP contribution in [0.5, 0.6) is 0 Å². The van der Waals surface area contributed by atoms with Crippen LogP contribution in [0.3, 0.4) is 0 Å². The third-order valence-corrected chi connectivity index (χ3v) is 6.15. The number of aryl methyl sites for hydroxylation is 1. The largest absolute Gasteiger partial charge is 0.478 e. The minimum absolute atomic E-state index is 0.146. The maximum atomic E-state index is 12.8. The summed E-state index contributed by atoms with van der Waals surface area (Å²) in [4.78, 5) is 31.6. The molecule has 2 heterocycles. The van der Waals surface area contributed by atoms with Crippen LogP contribution >= 0.6 is 34.5 Å². The van der Waals surface area contributed by atoms with Gasteiger partial charge in [0.15, 0.2) is 0 Å². The van der Waals surface area contributed by atoms with Gasteiger partial charge in [-0.15, -0.1) is 11.3 Å². The van der Waals surface area contributed by atoms with Gasteiger partial charge in [-0.2, -0.15) is 0 Å². The van der Waals surface area contributed by atoms with Gasteiger partial charge in [-0.25, -0.2) is 9.78 Å². The van der Waals surface area contributed by atoms with Crippen molar-refractivity contribution in [2.75, 3.05) is 5.32 Å². The minimum atomic E-state index is -1.04. The SMILES string of the molecule is Cc1[nH]c(C(=O)Nc2ccccc2-c2cc(C(=O)O)cc3scnc23)c(Cl)c1Cl. The maximum absolute atomic E-state index is 12.8. The van der Waals surface area contributed by atoms with E-state index in [1.807, 2.05) is 0 Å². The van der Waals surface area contributed by atoms with E-state index >= 15 is 0 Å². The smallest absolute Gasteiger partial charge is 0.335 e. The van der Waals surface area contributed by atoms with Gasteiger partial charge in [-0.1, -0.05) is 41.4 Å². The van der Waals surface area contributed by atoms with Gasteiger partial charge < -0.3 is 15.4 Å². The van der Waals surface area contributed by atoms with Crippen molar-refractivity contribution in [2.24, 2.45) is 0 Å². The van der Waals surface area contributed by atoms with Gasteiger partial charge >= 0.3 is 5.97 Å². The van der Waals surface area contributed by atoms with Gasteiger partial charge in [0.2, 0.25) is 0 Å². The van der Waals surface area contributed by atoms with E-state index in [9.17, 15) is 14.7 Å². The molecule has 9 heteroatoms. The molecular weight excluding hydrogens is 433 g/mol. The molecule has 0 saturated carbocycles. The number of carbonyl (C=O) groups excluding carboxylic acids is 1. The molecule has 6 nitrogen and oxygen atoms in total. The predicted octanol–water partition coefficient (Wildman–Crippen LogP) is 5.86. The number of fused-ring (bicyclic) bond motifs is 1. The lowest BCUT2D eigenvalue weighted by Crippen LogP contribution is -2.13. The van der Waals surface area contributed by atoms with E-state index in [2.05, 4.69) is 15.3 Å². The van der Waals surface area contributed by atoms with Crippen molar-refractivity contribution in [3.63, 3.8) is 0 Å². The van der Waals surface area contributed by atoms with Gasteiger partial charge in [0.25, 0.3) is 5.91 Å². The molecule has 0 unspecified atom stereocenters. The molecule has 0 radical (unpaired) electrons. The fraction of sp³-hybridized carbons (Fsp3) is 0.0500. The first-order chi connectivity index (χ1) is 13.9. The summed E-state index contributed by atoms with van der Waals surface area (Å²) in [5, 5.41) is 12.7. The molecule has 146 valence electrons. The predicted molar refractivity (Wildman–Crippen MR) is 116 cm³/mol. The third-order valence-electron chi connectivity index (χ3n) is 4.43. The number of para-hydroxylation sites is 1. The van der Waals surface area contributed by atoms with E-state index in [-0.39, 0.29) is 16.3 Å². The number of carboxylic acids is 1. The van der Waals surface area contributed by atoms with Gasteiger partial charge in [0, 0.05) is 22.5 Å². The lowest BCUT2D eigenvalue weighted by Gasteiger charge is -2.12. The summed E-state index contributed by atoms with van der Waals surface area (Å²) in [5.74, 6) is -1.49. The third kappa shape index (κ3) is 3.48. The zero-order chi connectivity index (χ0) is 20.7. The van der Waals surface area contributed by atoms with Crippen molar-refractivity contribution in [2.45, 2.75) is 6.92 Å². The molecule has 0 atom stereocenters. The number of benzene rings is 2. The molecular formula is C20H13Cl2N3O3S. The van der Waals surface area contributed by atoms with Crippen LogP contribution in [0.25, 0.3) is 21.3 Å². The first-order valence-corrected chi connectivity index (χ1v) is 10.0. The molecule has 0 aliphatic heterocycles. The van der Waals surface area contributed by atoms with Crippen molar-refractivity contribution >= 4 is 62.3 Å². The Morgan fingerprint density at radius 3 is 2.59 bits per heavy atom. The first-order valence-electron chi connectivity index (χ1n) is 8.41. The Morgan fingerprint density at radius 1 is 1.14 bits per heavy atom. The van der Waals surface area contributed by atoms with Crippen LogP contribution in [-0.4, -0.2) is 27.0 Å². The Morgan fingerprint density at radius 2 is 1.90 bits per heavy atom. The number of hydrogen-bond acceptors (Lipinski definition) is 4. The molecule has 0 aliphatic rings. The zero-order valence-corrected chi connectivity index (χ0v) is 17.2. The maximum Gasteiger partial charge on any atom is 0.335 e. The Labute approximate surface area is 179 Å². The average molecular weight is 446 g/mol. The highest BCUT2D eigenvalue weighted by Crippen LogP contribution is 2.36. The summed E-state index contributed by atoms with van der Waals surface area (Å²) in [6, 6.07) is 10.2. The lowest BCUT2D eigenvalue weighted by atomic mass is 10.00. The molecule has 3 N–H and O–H groups in total. The Hall–Kier alpha value is -2.87. The Kier molecular flexibility index (Phi) is 5.04. The summed E-state index contributed by atoms with van der Waals surface area (Å²) < 4.78 is 0.746. The fourth-order valence-corrected chi connectivity index (χ4v) is 4.19. The number of carboxylic acid groups (broad SMARTS) is 1. The zero-order valence-electron chi connectivity index (χ0n) is 14.9. The number of nitrogens with one attached hydrogen (secondary N) is 2. The number of aromatic carboxylic acids is 1. The van der Waals surface area contributed by atoms with Gasteiger partial charge in [0.1, 0.15) is 5.69 Å². The number of carbonyl (C=O) groups is 2. The number of amides is 1. The average Bonchev–Trinajstić information content (AvgIpc) is 3.28. The number of thiazole rings is 1. The number of aromatic nitrogens is 2. The second-order valence-electron chi connectivity index (χ2n) is 6.28. The van der Waals surface area contributed by atoms with E-state index in [1.54, 1.807) is 48.8 Å². The van der Waals surface area contributed by atoms with Crippen LogP contribution < -0.4 is 5.32 Å². The van der Waals surface area contributed by atoms with E-state index in [0.717, 1.165) is 4.70 Å². The van der Waals surface area contributed by atoms with Crippen LogP contribution in [0.4, 0.5) is 5.69 Å². The molecule has 4 rings (SSSR count). The Bertz CT molecular complexity index is 1280. The normalized spacial score (nSPS) is 11.0. The van der Waals surface area contributed by atoms with Gasteiger partial charge in [-0.05, 0) is 25.1 Å². The minimum Gasteiger partial charge on any atom is -0.478 e. The molecule has 0 aliphatic carbocycles. The number of halogens is 2. The Balaban J connectivity index is 1.81. The number of nitrogens with zero attached hydrogens (tertiary/aromatic N) is 1. The van der Waals surface area contributed by atoms with Crippen LogP contribution in [0, 0.1) is 6.92 Å². The topological polar surface area (TPSA) is 95.1 Å². The second kappa shape index (κ2) is 7.51. The lowest BCUT2D eigenvalue weighted by molar-refractivity contribution is 0.0697. The van der Waals surface area contributed by atoms with Gasteiger partial charge in [-0.3, -0.25) is 4.79 Å². The molecule has 0 saturated heterocycles. The molecule has 4 aromatic rings. The number of H-pyrrole nitrogens is 1. The highest BCUT2D eigenvalue weighted by atomic mass is 35.5. The van der Waals surface area contributed by atoms with Crippen molar-refractivity contribution in [1.82, 2.24) is 9.97 Å². The van der Waals surface area contributed by atoms with Crippen molar-refractivity contribution in [3.05, 3.63) is 68.9 Å². The summed E-state index contributed by atoms with van der Waals surface area (Å²) in [6.45, 7) is 1.72. The number of anilines is 1. The van der Waals surface area contributed by atoms with Crippen LogP contribution in [-0.2, 0) is 0 Å². The summed E-state index contributed by atoms with van der Waals surface area (Å²) >= 11 is 13.6. The highest BCUT2D eigenvalue weighted by molar-refractivity contribution is 7.16. The molecule has 0 fully saturated rings. The molecule has 2 aromatic carbocycles. The monoisotopic (exact) mass is 445 g/mol. The molecule has 0 bridgehead atoms. The second-order valence-corrected chi connectivity index (χ2v) is 7.92.